The predicted octanol–water partition coefficient (Wildman–Crippen LogP) is 2.61. The number of fused-ring (bicyclic) bond motifs is 1. The molecule has 2 heterocycles. The van der Waals surface area contributed by atoms with Crippen LogP contribution in [-0.4, -0.2) is 23.1 Å². The number of halogens is 1. The minimum Gasteiger partial charge on any atom is -0.341 e. The van der Waals surface area contributed by atoms with Gasteiger partial charge < -0.3 is 4.90 Å². The van der Waals surface area contributed by atoms with Crippen molar-refractivity contribution in [1.29, 1.82) is 0 Å². The SMILES string of the molecule is Clc1nc(N2CCCC2)nc2c1CCCC2. The van der Waals surface area contributed by atoms with Gasteiger partial charge in [0.2, 0.25) is 5.95 Å². The zero-order valence-electron chi connectivity index (χ0n) is 9.38. The molecule has 0 saturated carbocycles. The molecule has 3 nitrogen and oxygen atoms in total. The van der Waals surface area contributed by atoms with E-state index in [1.165, 1.54) is 36.9 Å². The van der Waals surface area contributed by atoms with Crippen LogP contribution in [0, 0.1) is 0 Å². The van der Waals surface area contributed by atoms with Gasteiger partial charge in [-0.2, -0.15) is 0 Å². The molecular formula is C12H16ClN3. The molecule has 0 unspecified atom stereocenters. The molecule has 16 heavy (non-hydrogen) atoms. The van der Waals surface area contributed by atoms with Crippen molar-refractivity contribution in [1.82, 2.24) is 9.97 Å². The molecule has 4 heteroatoms. The van der Waals surface area contributed by atoms with E-state index in [4.69, 9.17) is 11.6 Å². The first-order valence-electron chi connectivity index (χ1n) is 6.15. The number of aromatic nitrogens is 2. The molecule has 0 amide bonds. The van der Waals surface area contributed by atoms with Crippen molar-refractivity contribution in [2.75, 3.05) is 18.0 Å². The summed E-state index contributed by atoms with van der Waals surface area (Å²) in [4.78, 5) is 11.4. The van der Waals surface area contributed by atoms with Gasteiger partial charge >= 0.3 is 0 Å². The Balaban J connectivity index is 1.97. The van der Waals surface area contributed by atoms with E-state index in [-0.39, 0.29) is 0 Å². The maximum Gasteiger partial charge on any atom is 0.227 e. The quantitative estimate of drug-likeness (QED) is 0.703. The molecule has 1 aromatic rings. The summed E-state index contributed by atoms with van der Waals surface area (Å²) in [7, 11) is 0. The Morgan fingerprint density at radius 2 is 1.69 bits per heavy atom. The number of aryl methyl sites for hydroxylation is 1. The molecule has 0 bridgehead atoms. The highest BCUT2D eigenvalue weighted by Crippen LogP contribution is 2.28. The topological polar surface area (TPSA) is 29.0 Å². The Bertz CT molecular complexity index is 399. The fourth-order valence-corrected chi connectivity index (χ4v) is 2.87. The normalized spacial score (nSPS) is 19.9. The highest BCUT2D eigenvalue weighted by Gasteiger charge is 2.20. The van der Waals surface area contributed by atoms with Crippen molar-refractivity contribution in [2.45, 2.75) is 38.5 Å². The Kier molecular flexibility index (Phi) is 2.72. The molecule has 86 valence electrons. The maximum absolute atomic E-state index is 6.25. The van der Waals surface area contributed by atoms with E-state index in [1.54, 1.807) is 0 Å². The van der Waals surface area contributed by atoms with Gasteiger partial charge in [0, 0.05) is 18.7 Å². The third-order valence-electron chi connectivity index (χ3n) is 3.51. The average molecular weight is 238 g/mol. The standard InChI is InChI=1S/C12H16ClN3/c13-11-9-5-1-2-6-10(9)14-12(15-11)16-7-3-4-8-16/h1-8H2. The lowest BCUT2D eigenvalue weighted by atomic mass is 9.97. The van der Waals surface area contributed by atoms with E-state index in [9.17, 15) is 0 Å². The van der Waals surface area contributed by atoms with Crippen LogP contribution < -0.4 is 4.90 Å². The smallest absolute Gasteiger partial charge is 0.227 e. The first kappa shape index (κ1) is 10.3. The summed E-state index contributed by atoms with van der Waals surface area (Å²) < 4.78 is 0. The molecule has 0 atom stereocenters. The molecule has 1 aliphatic carbocycles. The molecule has 2 aliphatic rings. The lowest BCUT2D eigenvalue weighted by Crippen LogP contribution is -2.22. The van der Waals surface area contributed by atoms with E-state index < -0.39 is 0 Å². The monoisotopic (exact) mass is 237 g/mol. The molecule has 3 rings (SSSR count). The summed E-state index contributed by atoms with van der Waals surface area (Å²) in [5.41, 5.74) is 2.38. The molecule has 1 aliphatic heterocycles. The van der Waals surface area contributed by atoms with Crippen LogP contribution in [0.25, 0.3) is 0 Å². The fourth-order valence-electron chi connectivity index (χ4n) is 2.59. The van der Waals surface area contributed by atoms with Gasteiger partial charge in [-0.25, -0.2) is 9.97 Å². The van der Waals surface area contributed by atoms with Crippen molar-refractivity contribution in [3.63, 3.8) is 0 Å². The van der Waals surface area contributed by atoms with Gasteiger partial charge in [-0.3, -0.25) is 0 Å². The third kappa shape index (κ3) is 1.77. The van der Waals surface area contributed by atoms with Crippen LogP contribution in [0.5, 0.6) is 0 Å². The van der Waals surface area contributed by atoms with Gasteiger partial charge in [0.1, 0.15) is 5.15 Å². The third-order valence-corrected chi connectivity index (χ3v) is 3.82. The van der Waals surface area contributed by atoms with Crippen molar-refractivity contribution in [3.05, 3.63) is 16.4 Å². The Labute approximate surface area is 101 Å². The van der Waals surface area contributed by atoms with Crippen LogP contribution in [-0.2, 0) is 12.8 Å². The van der Waals surface area contributed by atoms with E-state index in [2.05, 4.69) is 14.9 Å². The molecule has 0 radical (unpaired) electrons. The van der Waals surface area contributed by atoms with Crippen LogP contribution >= 0.6 is 11.6 Å². The average Bonchev–Trinajstić information content (AvgIpc) is 2.82. The molecule has 1 saturated heterocycles. The summed E-state index contributed by atoms with van der Waals surface area (Å²) in [5.74, 6) is 0.850. The summed E-state index contributed by atoms with van der Waals surface area (Å²) in [5, 5.41) is 0.687. The number of anilines is 1. The Hall–Kier alpha value is -0.830. The summed E-state index contributed by atoms with van der Waals surface area (Å²) in [6.45, 7) is 2.16. The number of hydrogen-bond acceptors (Lipinski definition) is 3. The van der Waals surface area contributed by atoms with E-state index in [1.807, 2.05) is 0 Å². The summed E-state index contributed by atoms with van der Waals surface area (Å²) >= 11 is 6.25. The molecule has 0 spiro atoms. The first-order chi connectivity index (χ1) is 7.84. The van der Waals surface area contributed by atoms with Crippen molar-refractivity contribution >= 4 is 17.5 Å². The van der Waals surface area contributed by atoms with Crippen LogP contribution in [0.15, 0.2) is 0 Å². The molecule has 0 aromatic carbocycles. The highest BCUT2D eigenvalue weighted by molar-refractivity contribution is 6.30. The van der Waals surface area contributed by atoms with Gasteiger partial charge in [-0.1, -0.05) is 11.6 Å². The van der Waals surface area contributed by atoms with Crippen molar-refractivity contribution < 1.29 is 0 Å². The zero-order valence-corrected chi connectivity index (χ0v) is 10.1. The van der Waals surface area contributed by atoms with Gasteiger partial charge in [0.15, 0.2) is 0 Å². The van der Waals surface area contributed by atoms with Crippen molar-refractivity contribution in [2.24, 2.45) is 0 Å². The minimum absolute atomic E-state index is 0.687. The highest BCUT2D eigenvalue weighted by atomic mass is 35.5. The Morgan fingerprint density at radius 1 is 0.938 bits per heavy atom. The summed E-state index contributed by atoms with van der Waals surface area (Å²) in [6.07, 6.45) is 7.07. The fraction of sp³-hybridized carbons (Fsp3) is 0.667. The lowest BCUT2D eigenvalue weighted by molar-refractivity contribution is 0.660. The first-order valence-corrected chi connectivity index (χ1v) is 6.52. The van der Waals surface area contributed by atoms with Crippen LogP contribution in [0.2, 0.25) is 5.15 Å². The second-order valence-electron chi connectivity index (χ2n) is 4.64. The maximum atomic E-state index is 6.25. The zero-order chi connectivity index (χ0) is 11.0. The second-order valence-corrected chi connectivity index (χ2v) is 5.00. The van der Waals surface area contributed by atoms with Crippen LogP contribution in [0.1, 0.15) is 36.9 Å². The molecule has 0 N–H and O–H groups in total. The van der Waals surface area contributed by atoms with E-state index in [0.717, 1.165) is 31.9 Å². The van der Waals surface area contributed by atoms with E-state index >= 15 is 0 Å². The molecular weight excluding hydrogens is 222 g/mol. The number of rotatable bonds is 1. The van der Waals surface area contributed by atoms with Crippen molar-refractivity contribution in [3.8, 4) is 0 Å². The van der Waals surface area contributed by atoms with Gasteiger partial charge in [-0.15, -0.1) is 0 Å². The second kappa shape index (κ2) is 4.21. The molecule has 1 aromatic heterocycles. The molecule has 1 fully saturated rings. The number of nitrogens with zero attached hydrogens (tertiary/aromatic N) is 3. The van der Waals surface area contributed by atoms with Gasteiger partial charge in [0.05, 0.1) is 5.69 Å². The van der Waals surface area contributed by atoms with Gasteiger partial charge in [-0.05, 0) is 38.5 Å². The largest absolute Gasteiger partial charge is 0.341 e. The predicted molar refractivity (Wildman–Crippen MR) is 65.1 cm³/mol. The van der Waals surface area contributed by atoms with E-state index in [0.29, 0.717) is 5.15 Å². The van der Waals surface area contributed by atoms with Crippen LogP contribution in [0.4, 0.5) is 5.95 Å². The minimum atomic E-state index is 0.687. The lowest BCUT2D eigenvalue weighted by Gasteiger charge is -2.20. The number of hydrogen-bond donors (Lipinski definition) is 0. The van der Waals surface area contributed by atoms with Crippen LogP contribution in [0.3, 0.4) is 0 Å². The summed E-state index contributed by atoms with van der Waals surface area (Å²) in [6, 6.07) is 0. The van der Waals surface area contributed by atoms with Gasteiger partial charge in [0.25, 0.3) is 0 Å². The Morgan fingerprint density at radius 3 is 2.50 bits per heavy atom.